The Kier molecular flexibility index (Phi) is 2.59. The topological polar surface area (TPSA) is 46.3 Å². The molecule has 0 unspecified atom stereocenters. The maximum atomic E-state index is 11.6. The van der Waals surface area contributed by atoms with E-state index in [-0.39, 0.29) is 5.91 Å². The number of hydrogen-bond acceptors (Lipinski definition) is 3. The monoisotopic (exact) mass is 258 g/mol. The van der Waals surface area contributed by atoms with E-state index in [0.29, 0.717) is 6.42 Å². The molecule has 18 heavy (non-hydrogen) atoms. The highest BCUT2D eigenvalue weighted by atomic mass is 32.1. The van der Waals surface area contributed by atoms with Gasteiger partial charge in [0, 0.05) is 24.0 Å². The van der Waals surface area contributed by atoms with Gasteiger partial charge in [0.1, 0.15) is 0 Å². The molecule has 0 atom stereocenters. The summed E-state index contributed by atoms with van der Waals surface area (Å²) in [7, 11) is 1.84. The molecular formula is C14H14N2OS. The summed E-state index contributed by atoms with van der Waals surface area (Å²) in [6.45, 7) is 0. The van der Waals surface area contributed by atoms with Crippen LogP contribution in [0.4, 0.5) is 10.7 Å². The molecule has 0 aliphatic carbocycles. The molecule has 3 nitrogen and oxygen atoms in total. The Morgan fingerprint density at radius 1 is 1.22 bits per heavy atom. The lowest BCUT2D eigenvalue weighted by atomic mass is 9.99. The van der Waals surface area contributed by atoms with E-state index < -0.39 is 0 Å². The lowest BCUT2D eigenvalue weighted by Gasteiger charge is -2.26. The maximum Gasteiger partial charge on any atom is 0.227 e. The van der Waals surface area contributed by atoms with Gasteiger partial charge in [0.25, 0.3) is 0 Å². The van der Waals surface area contributed by atoms with Crippen molar-refractivity contribution in [1.82, 2.24) is 0 Å². The van der Waals surface area contributed by atoms with E-state index in [1.165, 1.54) is 16.0 Å². The SMILES string of the molecule is CN1C(=O)CCc2cc(-c3ccc(N)s3)ccc21. The van der Waals surface area contributed by atoms with E-state index in [2.05, 4.69) is 12.1 Å². The fourth-order valence-electron chi connectivity index (χ4n) is 2.32. The van der Waals surface area contributed by atoms with Crippen molar-refractivity contribution in [2.75, 3.05) is 17.7 Å². The zero-order chi connectivity index (χ0) is 12.7. The molecule has 0 bridgehead atoms. The smallest absolute Gasteiger partial charge is 0.227 e. The number of benzene rings is 1. The van der Waals surface area contributed by atoms with Crippen molar-refractivity contribution in [1.29, 1.82) is 0 Å². The molecule has 0 fully saturated rings. The highest BCUT2D eigenvalue weighted by Gasteiger charge is 2.20. The number of nitrogens with two attached hydrogens (primary N) is 1. The van der Waals surface area contributed by atoms with E-state index in [1.807, 2.05) is 25.2 Å². The number of nitrogen functional groups attached to an aromatic ring is 1. The number of aryl methyl sites for hydroxylation is 1. The summed E-state index contributed by atoms with van der Waals surface area (Å²) < 4.78 is 0. The minimum Gasteiger partial charge on any atom is -0.391 e. The van der Waals surface area contributed by atoms with Gasteiger partial charge in [-0.3, -0.25) is 4.79 Å². The van der Waals surface area contributed by atoms with Gasteiger partial charge < -0.3 is 10.6 Å². The summed E-state index contributed by atoms with van der Waals surface area (Å²) in [4.78, 5) is 14.5. The number of hydrogen-bond donors (Lipinski definition) is 1. The van der Waals surface area contributed by atoms with Crippen LogP contribution in [0.25, 0.3) is 10.4 Å². The van der Waals surface area contributed by atoms with Gasteiger partial charge >= 0.3 is 0 Å². The quantitative estimate of drug-likeness (QED) is 0.855. The second-order valence-electron chi connectivity index (χ2n) is 4.50. The Morgan fingerprint density at radius 2 is 2.06 bits per heavy atom. The van der Waals surface area contributed by atoms with Gasteiger partial charge in [-0.1, -0.05) is 6.07 Å². The lowest BCUT2D eigenvalue weighted by Crippen LogP contribution is -2.30. The number of anilines is 2. The predicted octanol–water partition coefficient (Wildman–Crippen LogP) is 2.91. The highest BCUT2D eigenvalue weighted by molar-refractivity contribution is 7.19. The summed E-state index contributed by atoms with van der Waals surface area (Å²) >= 11 is 1.59. The molecule has 1 aliphatic heterocycles. The molecule has 3 rings (SSSR count). The van der Waals surface area contributed by atoms with Crippen molar-refractivity contribution in [3.8, 4) is 10.4 Å². The van der Waals surface area contributed by atoms with Gasteiger partial charge in [-0.05, 0) is 41.8 Å². The second-order valence-corrected chi connectivity index (χ2v) is 5.61. The Balaban J connectivity index is 2.04. The predicted molar refractivity (Wildman–Crippen MR) is 75.9 cm³/mol. The van der Waals surface area contributed by atoms with E-state index in [9.17, 15) is 4.79 Å². The van der Waals surface area contributed by atoms with Gasteiger partial charge in [0.05, 0.1) is 5.00 Å². The molecule has 92 valence electrons. The van der Waals surface area contributed by atoms with Crippen molar-refractivity contribution >= 4 is 27.9 Å². The molecule has 0 saturated carbocycles. The van der Waals surface area contributed by atoms with Crippen molar-refractivity contribution in [3.63, 3.8) is 0 Å². The van der Waals surface area contributed by atoms with Crippen LogP contribution in [0.15, 0.2) is 30.3 Å². The third kappa shape index (κ3) is 1.78. The summed E-state index contributed by atoms with van der Waals surface area (Å²) in [5.74, 6) is 0.190. The number of nitrogens with zero attached hydrogens (tertiary/aromatic N) is 1. The number of amides is 1. The van der Waals surface area contributed by atoms with E-state index in [4.69, 9.17) is 5.73 Å². The minimum absolute atomic E-state index is 0.190. The Bertz CT molecular complexity index is 618. The van der Waals surface area contributed by atoms with Crippen LogP contribution in [-0.2, 0) is 11.2 Å². The summed E-state index contributed by atoms with van der Waals surface area (Å²) in [6.07, 6.45) is 1.42. The van der Waals surface area contributed by atoms with Crippen LogP contribution in [0.3, 0.4) is 0 Å². The molecular weight excluding hydrogens is 244 g/mol. The van der Waals surface area contributed by atoms with Crippen LogP contribution in [-0.4, -0.2) is 13.0 Å². The van der Waals surface area contributed by atoms with E-state index in [0.717, 1.165) is 17.1 Å². The summed E-state index contributed by atoms with van der Waals surface area (Å²) in [5.41, 5.74) is 9.20. The zero-order valence-corrected chi connectivity index (χ0v) is 11.0. The number of carbonyl (C=O) groups is 1. The van der Waals surface area contributed by atoms with Crippen LogP contribution >= 0.6 is 11.3 Å². The first kappa shape index (κ1) is 11.3. The second kappa shape index (κ2) is 4.14. The number of fused-ring (bicyclic) bond motifs is 1. The van der Waals surface area contributed by atoms with Crippen LogP contribution < -0.4 is 10.6 Å². The molecule has 2 N–H and O–H groups in total. The van der Waals surface area contributed by atoms with Gasteiger partial charge in [0.2, 0.25) is 5.91 Å². The lowest BCUT2D eigenvalue weighted by molar-refractivity contribution is -0.118. The number of thiophene rings is 1. The average molecular weight is 258 g/mol. The molecule has 0 radical (unpaired) electrons. The van der Waals surface area contributed by atoms with Crippen molar-refractivity contribution in [3.05, 3.63) is 35.9 Å². The standard InChI is InChI=1S/C14H14N2OS/c1-16-11-4-2-10(12-5-6-13(15)18-12)8-9(11)3-7-14(16)17/h2,4-6,8H,3,7,15H2,1H3. The van der Waals surface area contributed by atoms with Crippen molar-refractivity contribution < 1.29 is 4.79 Å². The van der Waals surface area contributed by atoms with Crippen molar-refractivity contribution in [2.45, 2.75) is 12.8 Å². The molecule has 1 aliphatic rings. The Hall–Kier alpha value is -1.81. The number of carbonyl (C=O) groups excluding carboxylic acids is 1. The van der Waals surface area contributed by atoms with Crippen LogP contribution in [0.5, 0.6) is 0 Å². The molecule has 0 spiro atoms. The maximum absolute atomic E-state index is 11.6. The fourth-order valence-corrected chi connectivity index (χ4v) is 3.09. The molecule has 2 aromatic rings. The molecule has 2 heterocycles. The Morgan fingerprint density at radius 3 is 2.78 bits per heavy atom. The third-order valence-electron chi connectivity index (χ3n) is 3.33. The Labute approximate surface area is 110 Å². The average Bonchev–Trinajstić information content (AvgIpc) is 2.80. The molecule has 1 amide bonds. The number of rotatable bonds is 1. The first-order valence-corrected chi connectivity index (χ1v) is 6.72. The molecule has 1 aromatic carbocycles. The normalized spacial score (nSPS) is 14.7. The van der Waals surface area contributed by atoms with Crippen LogP contribution in [0.2, 0.25) is 0 Å². The largest absolute Gasteiger partial charge is 0.391 e. The molecule has 4 heteroatoms. The first-order chi connectivity index (χ1) is 8.65. The van der Waals surface area contributed by atoms with Gasteiger partial charge in [-0.15, -0.1) is 11.3 Å². The van der Waals surface area contributed by atoms with Gasteiger partial charge in [-0.2, -0.15) is 0 Å². The molecule has 0 saturated heterocycles. The van der Waals surface area contributed by atoms with Crippen LogP contribution in [0, 0.1) is 0 Å². The minimum atomic E-state index is 0.190. The van der Waals surface area contributed by atoms with Gasteiger partial charge in [-0.25, -0.2) is 0 Å². The van der Waals surface area contributed by atoms with E-state index in [1.54, 1.807) is 16.2 Å². The fraction of sp³-hybridized carbons (Fsp3) is 0.214. The summed E-state index contributed by atoms with van der Waals surface area (Å²) in [5, 5.41) is 0.829. The van der Waals surface area contributed by atoms with Crippen LogP contribution in [0.1, 0.15) is 12.0 Å². The zero-order valence-electron chi connectivity index (χ0n) is 10.1. The van der Waals surface area contributed by atoms with Gasteiger partial charge in [0.15, 0.2) is 0 Å². The first-order valence-electron chi connectivity index (χ1n) is 5.90. The highest BCUT2D eigenvalue weighted by Crippen LogP contribution is 2.34. The van der Waals surface area contributed by atoms with E-state index >= 15 is 0 Å². The molecule has 1 aromatic heterocycles. The van der Waals surface area contributed by atoms with Crippen molar-refractivity contribution in [2.24, 2.45) is 0 Å². The third-order valence-corrected chi connectivity index (χ3v) is 4.30. The summed E-state index contributed by atoms with van der Waals surface area (Å²) in [6, 6.07) is 10.2.